The van der Waals surface area contributed by atoms with E-state index in [0.717, 1.165) is 16.8 Å². The largest absolute Gasteiger partial charge is 0.477 e. The van der Waals surface area contributed by atoms with Crippen LogP contribution in [0.25, 0.3) is 5.57 Å². The summed E-state index contributed by atoms with van der Waals surface area (Å²) in [5.74, 6) is -0.481. The second kappa shape index (κ2) is 8.36. The molecule has 0 fully saturated rings. The zero-order valence-corrected chi connectivity index (χ0v) is 17.4. The van der Waals surface area contributed by atoms with Crippen LogP contribution in [-0.2, 0) is 4.79 Å². The number of hydrogen-bond donors (Lipinski definition) is 1. The molecule has 0 saturated carbocycles. The van der Waals surface area contributed by atoms with Crippen LogP contribution >= 0.6 is 0 Å². The predicted octanol–water partition coefficient (Wildman–Crippen LogP) is 3.76. The van der Waals surface area contributed by atoms with Crippen molar-refractivity contribution in [2.75, 3.05) is 18.6 Å². The minimum Gasteiger partial charge on any atom is -0.477 e. The Balaban J connectivity index is 1.62. The van der Waals surface area contributed by atoms with E-state index in [1.807, 2.05) is 18.2 Å². The molecule has 0 saturated heterocycles. The highest BCUT2D eigenvalue weighted by Crippen LogP contribution is 2.37. The quantitative estimate of drug-likeness (QED) is 0.446. The maximum Gasteiger partial charge on any atom is 0.310 e. The van der Waals surface area contributed by atoms with Crippen LogP contribution in [0.15, 0.2) is 53.6 Å². The van der Waals surface area contributed by atoms with E-state index in [4.69, 9.17) is 4.74 Å². The van der Waals surface area contributed by atoms with Crippen molar-refractivity contribution in [3.63, 3.8) is 0 Å². The van der Waals surface area contributed by atoms with Gasteiger partial charge in [-0.25, -0.2) is 5.43 Å². The number of nitro groups is 1. The van der Waals surface area contributed by atoms with Gasteiger partial charge in [0.2, 0.25) is 0 Å². The lowest BCUT2D eigenvalue weighted by Gasteiger charge is -2.40. The van der Waals surface area contributed by atoms with Crippen LogP contribution in [0.2, 0.25) is 0 Å². The molecule has 1 aliphatic heterocycles. The summed E-state index contributed by atoms with van der Waals surface area (Å²) in [5.41, 5.74) is 6.40. The Morgan fingerprint density at radius 1 is 1.30 bits per heavy atom. The number of hydrogen-bond acceptors (Lipinski definition) is 6. The first kappa shape index (κ1) is 21.0. The smallest absolute Gasteiger partial charge is 0.310 e. The Morgan fingerprint density at radius 3 is 2.77 bits per heavy atom. The molecule has 0 radical (unpaired) electrons. The molecule has 8 nitrogen and oxygen atoms in total. The van der Waals surface area contributed by atoms with Gasteiger partial charge in [0.25, 0.3) is 5.91 Å². The summed E-state index contributed by atoms with van der Waals surface area (Å²) in [6.07, 6.45) is 3.77. The summed E-state index contributed by atoms with van der Waals surface area (Å²) in [6.45, 7) is 6.03. The van der Waals surface area contributed by atoms with Gasteiger partial charge in [0.15, 0.2) is 12.4 Å². The number of nitrogens with one attached hydrogen (secondary N) is 1. The van der Waals surface area contributed by atoms with Gasteiger partial charge in [0.1, 0.15) is 0 Å². The summed E-state index contributed by atoms with van der Waals surface area (Å²) in [6, 6.07) is 11.9. The second-order valence-corrected chi connectivity index (χ2v) is 7.62. The normalized spacial score (nSPS) is 14.8. The lowest BCUT2D eigenvalue weighted by Crippen LogP contribution is -2.42. The van der Waals surface area contributed by atoms with E-state index < -0.39 is 10.8 Å². The maximum absolute atomic E-state index is 12.0. The average molecular weight is 408 g/mol. The average Bonchev–Trinajstić information content (AvgIpc) is 2.70. The number of anilines is 1. The van der Waals surface area contributed by atoms with Crippen molar-refractivity contribution in [2.24, 2.45) is 5.10 Å². The number of carbonyl (C=O) groups excluding carboxylic acids is 1. The SMILES string of the molecule is CC1=CC(C)(C)N(C)c2ccc(/C=N\NC(=O)COc3ccccc3[N+](=O)[O-])cc21. The van der Waals surface area contributed by atoms with Gasteiger partial charge in [0, 0.05) is 24.4 Å². The highest BCUT2D eigenvalue weighted by molar-refractivity contribution is 5.88. The number of allylic oxidation sites excluding steroid dienone is 1. The number of nitrogens with zero attached hydrogens (tertiary/aromatic N) is 3. The van der Waals surface area contributed by atoms with Crippen LogP contribution in [-0.4, -0.2) is 36.2 Å². The van der Waals surface area contributed by atoms with Gasteiger partial charge in [-0.2, -0.15) is 5.10 Å². The maximum atomic E-state index is 12.0. The standard InChI is InChI=1S/C22H24N4O4/c1-15-12-22(2,3)25(4)18-10-9-16(11-17(15)18)13-23-24-21(27)14-30-20-8-6-5-7-19(20)26(28)29/h5-13H,14H2,1-4H3,(H,24,27)/b23-13-. The molecule has 0 aromatic heterocycles. The Hall–Kier alpha value is -3.68. The van der Waals surface area contributed by atoms with E-state index in [9.17, 15) is 14.9 Å². The number of likely N-dealkylation sites (N-methyl/N-ethyl adjacent to an activating group) is 1. The molecule has 0 bridgehead atoms. The Labute approximate surface area is 175 Å². The van der Waals surface area contributed by atoms with Crippen LogP contribution < -0.4 is 15.1 Å². The molecule has 0 aliphatic carbocycles. The molecule has 2 aromatic carbocycles. The minimum atomic E-state index is -0.559. The molecule has 30 heavy (non-hydrogen) atoms. The van der Waals surface area contributed by atoms with Crippen LogP contribution in [0.5, 0.6) is 5.75 Å². The number of nitro benzene ring substituents is 1. The molecule has 1 amide bonds. The number of hydrazone groups is 1. The fourth-order valence-electron chi connectivity index (χ4n) is 3.34. The third kappa shape index (κ3) is 4.48. The molecule has 0 atom stereocenters. The van der Waals surface area contributed by atoms with Crippen molar-refractivity contribution in [3.8, 4) is 5.75 Å². The minimum absolute atomic E-state index is 0.0330. The van der Waals surface area contributed by atoms with E-state index >= 15 is 0 Å². The number of benzene rings is 2. The van der Waals surface area contributed by atoms with Gasteiger partial charge in [-0.1, -0.05) is 24.3 Å². The van der Waals surface area contributed by atoms with Gasteiger partial charge in [-0.3, -0.25) is 14.9 Å². The number of para-hydroxylation sites is 2. The fraction of sp³-hybridized carbons (Fsp3) is 0.273. The first-order chi connectivity index (χ1) is 14.2. The van der Waals surface area contributed by atoms with Crippen molar-refractivity contribution >= 4 is 29.1 Å². The molecule has 8 heteroatoms. The highest BCUT2D eigenvalue weighted by Gasteiger charge is 2.28. The van der Waals surface area contributed by atoms with Crippen LogP contribution in [0.4, 0.5) is 11.4 Å². The van der Waals surface area contributed by atoms with Crippen molar-refractivity contribution in [3.05, 3.63) is 69.8 Å². The highest BCUT2D eigenvalue weighted by atomic mass is 16.6. The molecule has 156 valence electrons. The topological polar surface area (TPSA) is 97.1 Å². The molecule has 1 heterocycles. The zero-order chi connectivity index (χ0) is 21.9. The number of amides is 1. The summed E-state index contributed by atoms with van der Waals surface area (Å²) >= 11 is 0. The van der Waals surface area contributed by atoms with E-state index in [-0.39, 0.29) is 23.6 Å². The molecule has 2 aromatic rings. The van der Waals surface area contributed by atoms with E-state index in [1.165, 1.54) is 23.8 Å². The van der Waals surface area contributed by atoms with E-state index in [2.05, 4.69) is 49.3 Å². The number of ether oxygens (including phenoxy) is 1. The van der Waals surface area contributed by atoms with Gasteiger partial charge in [0.05, 0.1) is 16.7 Å². The van der Waals surface area contributed by atoms with Gasteiger partial charge in [-0.05, 0) is 50.1 Å². The Morgan fingerprint density at radius 2 is 2.03 bits per heavy atom. The first-order valence-electron chi connectivity index (χ1n) is 9.45. The second-order valence-electron chi connectivity index (χ2n) is 7.62. The number of fused-ring (bicyclic) bond motifs is 1. The molecule has 0 spiro atoms. The monoisotopic (exact) mass is 408 g/mol. The van der Waals surface area contributed by atoms with Gasteiger partial charge < -0.3 is 9.64 Å². The van der Waals surface area contributed by atoms with Gasteiger partial charge >= 0.3 is 5.69 Å². The fourth-order valence-corrected chi connectivity index (χ4v) is 3.34. The molecular weight excluding hydrogens is 384 g/mol. The van der Waals surface area contributed by atoms with Crippen molar-refractivity contribution in [1.29, 1.82) is 0 Å². The molecule has 1 aliphatic rings. The Bertz CT molecular complexity index is 1040. The van der Waals surface area contributed by atoms with Gasteiger partial charge in [-0.15, -0.1) is 0 Å². The number of rotatable bonds is 6. The van der Waals surface area contributed by atoms with E-state index in [1.54, 1.807) is 12.3 Å². The lowest BCUT2D eigenvalue weighted by atomic mass is 9.89. The lowest BCUT2D eigenvalue weighted by molar-refractivity contribution is -0.385. The predicted molar refractivity (Wildman–Crippen MR) is 117 cm³/mol. The molecule has 1 N–H and O–H groups in total. The van der Waals surface area contributed by atoms with Crippen molar-refractivity contribution in [1.82, 2.24) is 5.43 Å². The Kier molecular flexibility index (Phi) is 5.86. The first-order valence-corrected chi connectivity index (χ1v) is 9.45. The van der Waals surface area contributed by atoms with Crippen molar-refractivity contribution in [2.45, 2.75) is 26.3 Å². The summed E-state index contributed by atoms with van der Waals surface area (Å²) in [4.78, 5) is 24.6. The van der Waals surface area contributed by atoms with Crippen LogP contribution in [0, 0.1) is 10.1 Å². The molecular formula is C22H24N4O4. The number of carbonyl (C=O) groups is 1. The van der Waals surface area contributed by atoms with Crippen LogP contribution in [0.1, 0.15) is 31.9 Å². The summed E-state index contributed by atoms with van der Waals surface area (Å²) in [7, 11) is 2.06. The zero-order valence-electron chi connectivity index (χ0n) is 17.4. The third-order valence-corrected chi connectivity index (χ3v) is 5.06. The summed E-state index contributed by atoms with van der Waals surface area (Å²) < 4.78 is 5.24. The van der Waals surface area contributed by atoms with Crippen LogP contribution in [0.3, 0.4) is 0 Å². The summed E-state index contributed by atoms with van der Waals surface area (Å²) in [5, 5.41) is 14.9. The molecule has 3 rings (SSSR count). The van der Waals surface area contributed by atoms with Crippen molar-refractivity contribution < 1.29 is 14.5 Å². The molecule has 0 unspecified atom stereocenters. The van der Waals surface area contributed by atoms with E-state index in [0.29, 0.717) is 0 Å². The third-order valence-electron chi connectivity index (χ3n) is 5.06.